The summed E-state index contributed by atoms with van der Waals surface area (Å²) < 4.78 is 0. The Hall–Kier alpha value is -0.978. The Morgan fingerprint density at radius 3 is 2.54 bits per heavy atom. The van der Waals surface area contributed by atoms with Crippen molar-refractivity contribution in [3.05, 3.63) is 30.1 Å². The number of nitrogens with zero attached hydrogens (tertiary/aromatic N) is 1. The third-order valence-corrected chi connectivity index (χ3v) is 1.36. The molecule has 0 aliphatic rings. The molecule has 3 nitrogen and oxygen atoms in total. The zero-order chi connectivity index (χ0) is 8.97. The molecule has 0 aliphatic carbocycles. The molecule has 0 aliphatic heterocycles. The molecule has 0 atom stereocenters. The van der Waals surface area contributed by atoms with Crippen molar-refractivity contribution in [3.8, 4) is 0 Å². The van der Waals surface area contributed by atoms with Crippen LogP contribution in [0.25, 0.3) is 0 Å². The second-order valence-corrected chi connectivity index (χ2v) is 2.52. The maximum atomic E-state index is 11.2. The number of pyridine rings is 1. The fourth-order valence-electron chi connectivity index (χ4n) is 0.844. The number of hydrogen-bond acceptors (Lipinski definition) is 3. The molecule has 68 valence electrons. The minimum absolute atomic E-state index is 0. The highest BCUT2D eigenvalue weighted by atomic mass is 27.0. The van der Waals surface area contributed by atoms with Gasteiger partial charge in [0.15, 0.2) is 23.1 Å². The molecule has 4 heteroatoms. The molecule has 13 heavy (non-hydrogen) atoms. The summed E-state index contributed by atoms with van der Waals surface area (Å²) in [7, 11) is 0. The zero-order valence-electron chi connectivity index (χ0n) is 6.78. The lowest BCUT2D eigenvalue weighted by Crippen LogP contribution is -2.06. The lowest BCUT2D eigenvalue weighted by molar-refractivity contribution is -0.116. The maximum absolute atomic E-state index is 11.2. The number of carbonyl (C=O) groups is 2. The van der Waals surface area contributed by atoms with E-state index in [9.17, 15) is 9.59 Å². The van der Waals surface area contributed by atoms with Crippen LogP contribution in [-0.2, 0) is 4.79 Å². The summed E-state index contributed by atoms with van der Waals surface area (Å²) in [5.41, 5.74) is 0.354. The predicted octanol–water partition coefficient (Wildman–Crippen LogP) is 0.0595. The fourth-order valence-corrected chi connectivity index (χ4v) is 0.844. The van der Waals surface area contributed by atoms with E-state index in [1.54, 1.807) is 18.2 Å². The minimum Gasteiger partial charge on any atom is -0.300 e. The third kappa shape index (κ3) is 3.98. The molecule has 1 aromatic heterocycles. The van der Waals surface area contributed by atoms with Crippen molar-refractivity contribution < 1.29 is 9.59 Å². The maximum Gasteiger partial charge on any atom is 0.188 e. The van der Waals surface area contributed by atoms with E-state index in [0.29, 0.717) is 5.69 Å². The zero-order valence-corrected chi connectivity index (χ0v) is 6.78. The summed E-state index contributed by atoms with van der Waals surface area (Å²) in [6.07, 6.45) is 1.48. The van der Waals surface area contributed by atoms with Crippen LogP contribution in [0.4, 0.5) is 0 Å². The molecule has 0 bridgehead atoms. The van der Waals surface area contributed by atoms with Gasteiger partial charge < -0.3 is 0 Å². The second kappa shape index (κ2) is 5.63. The highest BCUT2D eigenvalue weighted by molar-refractivity contribution is 6.06. The van der Waals surface area contributed by atoms with Gasteiger partial charge in [-0.05, 0) is 19.1 Å². The molecule has 1 aromatic rings. The average molecular weight is 193 g/mol. The van der Waals surface area contributed by atoms with Crippen LogP contribution in [0.1, 0.15) is 23.8 Å². The van der Waals surface area contributed by atoms with Gasteiger partial charge in [-0.25, -0.2) is 0 Å². The van der Waals surface area contributed by atoms with E-state index in [2.05, 4.69) is 4.98 Å². The van der Waals surface area contributed by atoms with Crippen LogP contribution in [-0.4, -0.2) is 33.9 Å². The van der Waals surface area contributed by atoms with Gasteiger partial charge in [0.05, 0.1) is 6.42 Å². The molecule has 0 spiro atoms. The van der Waals surface area contributed by atoms with Gasteiger partial charge in [-0.3, -0.25) is 14.6 Å². The van der Waals surface area contributed by atoms with Crippen molar-refractivity contribution in [1.29, 1.82) is 0 Å². The van der Waals surface area contributed by atoms with Crippen LogP contribution in [0.5, 0.6) is 0 Å². The molecule has 1 heterocycles. The molecule has 0 radical (unpaired) electrons. The Balaban J connectivity index is 0.00000144. The normalized spacial score (nSPS) is 8.69. The molecule has 0 aromatic carbocycles. The van der Waals surface area contributed by atoms with Crippen molar-refractivity contribution in [2.24, 2.45) is 0 Å². The monoisotopic (exact) mass is 193 g/mol. The third-order valence-electron chi connectivity index (χ3n) is 1.36. The summed E-state index contributed by atoms with van der Waals surface area (Å²) in [6.45, 7) is 1.39. The predicted molar refractivity (Wildman–Crippen MR) is 53.8 cm³/mol. The first-order valence-corrected chi connectivity index (χ1v) is 3.64. The molecular formula is C9H12AlNO2. The van der Waals surface area contributed by atoms with E-state index in [1.807, 2.05) is 0 Å². The van der Waals surface area contributed by atoms with Crippen LogP contribution in [0, 0.1) is 0 Å². The van der Waals surface area contributed by atoms with Gasteiger partial charge in [-0.2, -0.15) is 0 Å². The lowest BCUT2D eigenvalue weighted by atomic mass is 10.1. The first kappa shape index (κ1) is 12.0. The lowest BCUT2D eigenvalue weighted by Gasteiger charge is -1.94. The van der Waals surface area contributed by atoms with Crippen molar-refractivity contribution >= 4 is 28.9 Å². The van der Waals surface area contributed by atoms with Gasteiger partial charge >= 0.3 is 0 Å². The second-order valence-electron chi connectivity index (χ2n) is 2.52. The quantitative estimate of drug-likeness (QED) is 0.387. The van der Waals surface area contributed by atoms with Crippen molar-refractivity contribution in [3.63, 3.8) is 0 Å². The van der Waals surface area contributed by atoms with E-state index >= 15 is 0 Å². The van der Waals surface area contributed by atoms with Gasteiger partial charge in [-0.15, -0.1) is 0 Å². The Labute approximate surface area is 87.3 Å². The van der Waals surface area contributed by atoms with Crippen LogP contribution >= 0.6 is 0 Å². The number of rotatable bonds is 3. The SMILES string of the molecule is CC(=O)CC(=O)c1ccccn1.[AlH3]. The topological polar surface area (TPSA) is 47.0 Å². The summed E-state index contributed by atoms with van der Waals surface area (Å²) in [6, 6.07) is 5.05. The Kier molecular flexibility index (Phi) is 5.21. The summed E-state index contributed by atoms with van der Waals surface area (Å²) in [5, 5.41) is 0. The first-order valence-electron chi connectivity index (χ1n) is 3.64. The first-order chi connectivity index (χ1) is 5.70. The highest BCUT2D eigenvalue weighted by Gasteiger charge is 2.08. The van der Waals surface area contributed by atoms with E-state index in [4.69, 9.17) is 0 Å². The number of hydrogen-bond donors (Lipinski definition) is 0. The number of carbonyl (C=O) groups excluding carboxylic acids is 2. The number of Topliss-reactive ketones (excluding diaryl/α,β-unsaturated/α-hetero) is 2. The van der Waals surface area contributed by atoms with E-state index < -0.39 is 0 Å². The summed E-state index contributed by atoms with van der Waals surface area (Å²) in [4.78, 5) is 25.6. The van der Waals surface area contributed by atoms with Gasteiger partial charge in [0.25, 0.3) is 0 Å². The molecule has 0 unspecified atom stereocenters. The Morgan fingerprint density at radius 2 is 2.08 bits per heavy atom. The molecule has 0 fully saturated rings. The standard InChI is InChI=1S/C9H9NO2.Al.3H/c1-7(11)6-9(12)8-4-2-3-5-10-8;;;;/h2-5H,6H2,1H3;;;;. The largest absolute Gasteiger partial charge is 0.300 e. The smallest absolute Gasteiger partial charge is 0.188 e. The average Bonchev–Trinajstić information content (AvgIpc) is 2.05. The van der Waals surface area contributed by atoms with Gasteiger partial charge in [-0.1, -0.05) is 6.07 Å². The van der Waals surface area contributed by atoms with Gasteiger partial charge in [0.1, 0.15) is 11.5 Å². The van der Waals surface area contributed by atoms with E-state index in [1.165, 1.54) is 13.1 Å². The van der Waals surface area contributed by atoms with Crippen LogP contribution in [0.3, 0.4) is 0 Å². The molecule has 1 rings (SSSR count). The molecular weight excluding hydrogens is 181 g/mol. The Morgan fingerprint density at radius 1 is 1.38 bits per heavy atom. The molecule has 0 amide bonds. The fraction of sp³-hybridized carbons (Fsp3) is 0.222. The molecule has 0 saturated heterocycles. The van der Waals surface area contributed by atoms with Crippen molar-refractivity contribution in [2.45, 2.75) is 13.3 Å². The highest BCUT2D eigenvalue weighted by Crippen LogP contribution is 1.98. The van der Waals surface area contributed by atoms with E-state index in [-0.39, 0.29) is 35.3 Å². The molecule has 0 N–H and O–H groups in total. The van der Waals surface area contributed by atoms with Gasteiger partial charge in [0, 0.05) is 6.20 Å². The van der Waals surface area contributed by atoms with Crippen LogP contribution in [0.15, 0.2) is 24.4 Å². The van der Waals surface area contributed by atoms with Crippen molar-refractivity contribution in [1.82, 2.24) is 4.98 Å². The minimum atomic E-state index is -0.219. The van der Waals surface area contributed by atoms with E-state index in [0.717, 1.165) is 0 Å². The van der Waals surface area contributed by atoms with Crippen LogP contribution < -0.4 is 0 Å². The Bertz CT molecular complexity index is 298. The van der Waals surface area contributed by atoms with Crippen LogP contribution in [0.2, 0.25) is 0 Å². The number of ketones is 2. The number of aromatic nitrogens is 1. The molecule has 0 saturated carbocycles. The summed E-state index contributed by atoms with van der Waals surface area (Å²) in [5.74, 6) is -0.353. The van der Waals surface area contributed by atoms with Crippen molar-refractivity contribution in [2.75, 3.05) is 0 Å². The van der Waals surface area contributed by atoms with Gasteiger partial charge in [0.2, 0.25) is 0 Å². The summed E-state index contributed by atoms with van der Waals surface area (Å²) >= 11 is 0.